The molecule has 2 rings (SSSR count). The van der Waals surface area contributed by atoms with Gasteiger partial charge in [0.05, 0.1) is 10.6 Å². The van der Waals surface area contributed by atoms with Crippen molar-refractivity contribution in [3.63, 3.8) is 0 Å². The van der Waals surface area contributed by atoms with E-state index in [1.165, 1.54) is 42.5 Å². The monoisotopic (exact) mass is 371 g/mol. The Morgan fingerprint density at radius 1 is 1.14 bits per heavy atom. The van der Waals surface area contributed by atoms with Gasteiger partial charge >= 0.3 is 0 Å². The molecular formula is C14H11BrFNO3S. The quantitative estimate of drug-likeness (QED) is 0.900. The molecule has 1 N–H and O–H groups in total. The van der Waals surface area contributed by atoms with Crippen LogP contribution in [-0.4, -0.2) is 20.6 Å². The minimum Gasteiger partial charge on any atom is -0.321 e. The normalized spacial score (nSPS) is 11.2. The van der Waals surface area contributed by atoms with Crippen molar-refractivity contribution in [3.8, 4) is 0 Å². The van der Waals surface area contributed by atoms with Crippen LogP contribution < -0.4 is 5.32 Å². The molecule has 0 fully saturated rings. The molecule has 0 bridgehead atoms. The van der Waals surface area contributed by atoms with Crippen molar-refractivity contribution in [2.45, 2.75) is 4.90 Å². The van der Waals surface area contributed by atoms with Crippen LogP contribution in [0.4, 0.5) is 10.1 Å². The predicted octanol–water partition coefficient (Wildman–Crippen LogP) is 3.24. The van der Waals surface area contributed by atoms with Gasteiger partial charge in [-0.05, 0) is 58.4 Å². The molecule has 0 aliphatic rings. The van der Waals surface area contributed by atoms with Crippen LogP contribution in [0.15, 0.2) is 51.8 Å². The Balaban J connectivity index is 2.23. The molecule has 0 saturated carbocycles. The minimum absolute atomic E-state index is 0.131. The van der Waals surface area contributed by atoms with Gasteiger partial charge in [0.15, 0.2) is 9.84 Å². The smallest absolute Gasteiger partial charge is 0.255 e. The van der Waals surface area contributed by atoms with Crippen molar-refractivity contribution in [3.05, 3.63) is 58.3 Å². The van der Waals surface area contributed by atoms with E-state index in [0.29, 0.717) is 10.2 Å². The number of anilines is 1. The van der Waals surface area contributed by atoms with Crippen molar-refractivity contribution in [2.24, 2.45) is 0 Å². The van der Waals surface area contributed by atoms with Crippen molar-refractivity contribution < 1.29 is 17.6 Å². The highest BCUT2D eigenvalue weighted by molar-refractivity contribution is 9.10. The Morgan fingerprint density at radius 3 is 2.33 bits per heavy atom. The molecule has 0 atom stereocenters. The Kier molecular flexibility index (Phi) is 4.43. The number of benzene rings is 2. The fourth-order valence-corrected chi connectivity index (χ4v) is 2.62. The first-order valence-corrected chi connectivity index (χ1v) is 8.52. The summed E-state index contributed by atoms with van der Waals surface area (Å²) in [6, 6.07) is 9.44. The Bertz CT molecular complexity index is 788. The highest BCUT2D eigenvalue weighted by Gasteiger charge is 2.11. The molecule has 21 heavy (non-hydrogen) atoms. The number of halogens is 2. The number of sulfone groups is 1. The number of rotatable bonds is 3. The van der Waals surface area contributed by atoms with Gasteiger partial charge in [-0.3, -0.25) is 4.79 Å². The van der Waals surface area contributed by atoms with Crippen LogP contribution in [-0.2, 0) is 9.84 Å². The van der Waals surface area contributed by atoms with Crippen LogP contribution in [0.3, 0.4) is 0 Å². The predicted molar refractivity (Wildman–Crippen MR) is 81.6 cm³/mol. The summed E-state index contributed by atoms with van der Waals surface area (Å²) in [4.78, 5) is 12.2. The summed E-state index contributed by atoms with van der Waals surface area (Å²) >= 11 is 3.21. The van der Waals surface area contributed by atoms with E-state index in [1.54, 1.807) is 0 Å². The van der Waals surface area contributed by atoms with Crippen molar-refractivity contribution in [1.82, 2.24) is 0 Å². The second-order valence-electron chi connectivity index (χ2n) is 4.37. The molecule has 0 aliphatic heterocycles. The maximum atomic E-state index is 13.1. The molecule has 0 aromatic heterocycles. The third kappa shape index (κ3) is 3.89. The van der Waals surface area contributed by atoms with Crippen LogP contribution in [0.25, 0.3) is 0 Å². The maximum Gasteiger partial charge on any atom is 0.255 e. The molecule has 110 valence electrons. The zero-order chi connectivity index (χ0) is 15.6. The lowest BCUT2D eigenvalue weighted by Crippen LogP contribution is -2.12. The average molecular weight is 372 g/mol. The lowest BCUT2D eigenvalue weighted by molar-refractivity contribution is 0.102. The summed E-state index contributed by atoms with van der Waals surface area (Å²) < 4.78 is 36.4. The van der Waals surface area contributed by atoms with E-state index in [9.17, 15) is 17.6 Å². The Hall–Kier alpha value is -1.73. The first kappa shape index (κ1) is 15.7. The number of nitrogens with one attached hydrogen (secondary N) is 1. The molecule has 0 heterocycles. The summed E-state index contributed by atoms with van der Waals surface area (Å²) in [6.07, 6.45) is 1.09. The first-order valence-electron chi connectivity index (χ1n) is 5.84. The molecule has 2 aromatic rings. The van der Waals surface area contributed by atoms with E-state index in [1.807, 2.05) is 0 Å². The molecule has 0 saturated heterocycles. The van der Waals surface area contributed by atoms with Gasteiger partial charge < -0.3 is 5.32 Å². The summed E-state index contributed by atoms with van der Waals surface area (Å²) in [5.74, 6) is -0.928. The molecular weight excluding hydrogens is 361 g/mol. The zero-order valence-corrected chi connectivity index (χ0v) is 13.3. The van der Waals surface area contributed by atoms with Gasteiger partial charge in [-0.15, -0.1) is 0 Å². The summed E-state index contributed by atoms with van der Waals surface area (Å²) in [5, 5.41) is 2.55. The van der Waals surface area contributed by atoms with Gasteiger partial charge in [-0.1, -0.05) is 0 Å². The second-order valence-corrected chi connectivity index (χ2v) is 7.24. The zero-order valence-electron chi connectivity index (χ0n) is 10.9. The summed E-state index contributed by atoms with van der Waals surface area (Å²) in [5.41, 5.74) is 0.575. The number of carbonyl (C=O) groups excluding carboxylic acids is 1. The lowest BCUT2D eigenvalue weighted by atomic mass is 10.2. The highest BCUT2D eigenvalue weighted by Crippen LogP contribution is 2.23. The van der Waals surface area contributed by atoms with E-state index >= 15 is 0 Å². The van der Waals surface area contributed by atoms with Crippen LogP contribution in [0.2, 0.25) is 0 Å². The van der Waals surface area contributed by atoms with Gasteiger partial charge in [0, 0.05) is 16.3 Å². The third-order valence-electron chi connectivity index (χ3n) is 2.72. The number of carbonyl (C=O) groups is 1. The fraction of sp³-hybridized carbons (Fsp3) is 0.0714. The van der Waals surface area contributed by atoms with Gasteiger partial charge in [0.2, 0.25) is 0 Å². The molecule has 0 aliphatic carbocycles. The molecule has 0 unspecified atom stereocenters. The van der Waals surface area contributed by atoms with Gasteiger partial charge in [0.25, 0.3) is 5.91 Å². The molecule has 4 nitrogen and oxygen atoms in total. The Morgan fingerprint density at radius 2 is 1.76 bits per heavy atom. The first-order chi connectivity index (χ1) is 9.77. The molecule has 7 heteroatoms. The van der Waals surface area contributed by atoms with Crippen LogP contribution >= 0.6 is 15.9 Å². The average Bonchev–Trinajstić information content (AvgIpc) is 2.42. The lowest BCUT2D eigenvalue weighted by Gasteiger charge is -2.08. The van der Waals surface area contributed by atoms with Crippen molar-refractivity contribution in [1.29, 1.82) is 0 Å². The topological polar surface area (TPSA) is 63.2 Å². The Labute approximate surface area is 130 Å². The van der Waals surface area contributed by atoms with Crippen molar-refractivity contribution >= 4 is 37.4 Å². The van der Waals surface area contributed by atoms with Gasteiger partial charge in [0.1, 0.15) is 5.82 Å². The highest BCUT2D eigenvalue weighted by atomic mass is 79.9. The minimum atomic E-state index is -3.31. The SMILES string of the molecule is CS(=O)(=O)c1ccc(C(=O)Nc2cc(F)ccc2Br)cc1. The molecule has 2 aromatic carbocycles. The van der Waals surface area contributed by atoms with Crippen LogP contribution in [0, 0.1) is 5.82 Å². The summed E-state index contributed by atoms with van der Waals surface area (Å²) in [6.45, 7) is 0. The number of amides is 1. The number of hydrogen-bond donors (Lipinski definition) is 1. The molecule has 0 spiro atoms. The van der Waals surface area contributed by atoms with E-state index < -0.39 is 21.6 Å². The van der Waals surface area contributed by atoms with E-state index in [0.717, 1.165) is 6.26 Å². The molecule has 0 radical (unpaired) electrons. The maximum absolute atomic E-state index is 13.1. The van der Waals surface area contributed by atoms with E-state index in [2.05, 4.69) is 21.2 Å². The molecule has 1 amide bonds. The second kappa shape index (κ2) is 5.95. The van der Waals surface area contributed by atoms with Gasteiger partial charge in [-0.2, -0.15) is 0 Å². The van der Waals surface area contributed by atoms with E-state index in [4.69, 9.17) is 0 Å². The summed E-state index contributed by atoms with van der Waals surface area (Å²) in [7, 11) is -3.31. The van der Waals surface area contributed by atoms with Crippen LogP contribution in [0.5, 0.6) is 0 Å². The fourth-order valence-electron chi connectivity index (χ4n) is 1.64. The van der Waals surface area contributed by atoms with Crippen molar-refractivity contribution in [2.75, 3.05) is 11.6 Å². The van der Waals surface area contributed by atoms with Gasteiger partial charge in [-0.25, -0.2) is 12.8 Å². The standard InChI is InChI=1S/C14H11BrFNO3S/c1-21(19,20)11-5-2-9(3-6-11)14(18)17-13-8-10(16)4-7-12(13)15/h2-8H,1H3,(H,17,18). The number of hydrogen-bond acceptors (Lipinski definition) is 3. The largest absolute Gasteiger partial charge is 0.321 e. The van der Waals surface area contributed by atoms with E-state index in [-0.39, 0.29) is 10.5 Å². The van der Waals surface area contributed by atoms with Crippen LogP contribution in [0.1, 0.15) is 10.4 Å². The third-order valence-corrected chi connectivity index (χ3v) is 4.54.